The number of hydrogen-bond donors (Lipinski definition) is 0. The SMILES string of the molecule is Cc1cccc(C)c1N(CCOC(C)C)C(=O)CCl. The molecule has 0 aliphatic rings. The number of alkyl halides is 1. The Bertz CT molecular complexity index is 412. The zero-order valence-electron chi connectivity index (χ0n) is 12.1. The molecule has 0 fully saturated rings. The molecule has 1 aromatic carbocycles. The molecule has 0 aromatic heterocycles. The van der Waals surface area contributed by atoms with Gasteiger partial charge in [-0.1, -0.05) is 18.2 Å². The van der Waals surface area contributed by atoms with Crippen LogP contribution in [0.25, 0.3) is 0 Å². The van der Waals surface area contributed by atoms with E-state index in [0.29, 0.717) is 13.2 Å². The minimum absolute atomic E-state index is 0.0184. The molecule has 0 aliphatic carbocycles. The molecule has 0 spiro atoms. The first-order chi connectivity index (χ1) is 8.97. The predicted molar refractivity (Wildman–Crippen MR) is 80.1 cm³/mol. The maximum absolute atomic E-state index is 12.0. The fraction of sp³-hybridized carbons (Fsp3) is 0.533. The molecule has 0 aliphatic heterocycles. The van der Waals surface area contributed by atoms with E-state index in [-0.39, 0.29) is 17.9 Å². The van der Waals surface area contributed by atoms with Crippen LogP contribution in [0.15, 0.2) is 18.2 Å². The molecule has 0 atom stereocenters. The van der Waals surface area contributed by atoms with Gasteiger partial charge in [0.15, 0.2) is 0 Å². The first-order valence-corrected chi connectivity index (χ1v) is 7.05. The van der Waals surface area contributed by atoms with Gasteiger partial charge in [-0.15, -0.1) is 11.6 Å². The molecule has 0 saturated heterocycles. The van der Waals surface area contributed by atoms with E-state index in [1.54, 1.807) is 4.90 Å². The second-order valence-corrected chi connectivity index (χ2v) is 5.11. The van der Waals surface area contributed by atoms with Crippen molar-refractivity contribution in [2.45, 2.75) is 33.8 Å². The molecule has 0 saturated carbocycles. The van der Waals surface area contributed by atoms with Crippen LogP contribution in [0, 0.1) is 13.8 Å². The van der Waals surface area contributed by atoms with Gasteiger partial charge in [0.25, 0.3) is 0 Å². The number of nitrogens with zero attached hydrogens (tertiary/aromatic N) is 1. The topological polar surface area (TPSA) is 29.5 Å². The van der Waals surface area contributed by atoms with Gasteiger partial charge in [0.05, 0.1) is 12.7 Å². The third-order valence-corrected chi connectivity index (χ3v) is 3.12. The molecule has 1 amide bonds. The summed E-state index contributed by atoms with van der Waals surface area (Å²) >= 11 is 5.71. The maximum Gasteiger partial charge on any atom is 0.242 e. The average Bonchev–Trinajstić information content (AvgIpc) is 2.35. The van der Waals surface area contributed by atoms with Crippen LogP contribution in [-0.2, 0) is 9.53 Å². The number of ether oxygens (including phenoxy) is 1. The lowest BCUT2D eigenvalue weighted by atomic mass is 10.1. The van der Waals surface area contributed by atoms with Crippen LogP contribution in [-0.4, -0.2) is 31.0 Å². The minimum Gasteiger partial charge on any atom is -0.377 e. The summed E-state index contributed by atoms with van der Waals surface area (Å²) in [5, 5.41) is 0. The van der Waals surface area contributed by atoms with Gasteiger partial charge in [0.2, 0.25) is 5.91 Å². The van der Waals surface area contributed by atoms with Crippen molar-refractivity contribution in [3.8, 4) is 0 Å². The van der Waals surface area contributed by atoms with Gasteiger partial charge in [-0.25, -0.2) is 0 Å². The summed E-state index contributed by atoms with van der Waals surface area (Å²) < 4.78 is 5.53. The van der Waals surface area contributed by atoms with Crippen LogP contribution < -0.4 is 4.90 Å². The van der Waals surface area contributed by atoms with Crippen molar-refractivity contribution in [3.63, 3.8) is 0 Å². The zero-order valence-corrected chi connectivity index (χ0v) is 12.8. The van der Waals surface area contributed by atoms with Gasteiger partial charge in [-0.3, -0.25) is 4.79 Å². The van der Waals surface area contributed by atoms with Gasteiger partial charge >= 0.3 is 0 Å². The predicted octanol–water partition coefficient (Wildman–Crippen LogP) is 3.30. The van der Waals surface area contributed by atoms with Gasteiger partial charge in [-0.05, 0) is 38.8 Å². The molecular formula is C15H22ClNO2. The van der Waals surface area contributed by atoms with E-state index >= 15 is 0 Å². The Hall–Kier alpha value is -1.06. The Morgan fingerprint density at radius 3 is 2.37 bits per heavy atom. The fourth-order valence-electron chi connectivity index (χ4n) is 2.04. The Balaban J connectivity index is 2.93. The molecule has 4 heteroatoms. The van der Waals surface area contributed by atoms with E-state index in [9.17, 15) is 4.79 Å². The largest absolute Gasteiger partial charge is 0.377 e. The van der Waals surface area contributed by atoms with Crippen molar-refractivity contribution in [3.05, 3.63) is 29.3 Å². The van der Waals surface area contributed by atoms with Crippen molar-refractivity contribution in [2.24, 2.45) is 0 Å². The molecule has 0 radical (unpaired) electrons. The zero-order chi connectivity index (χ0) is 14.4. The van der Waals surface area contributed by atoms with Crippen molar-refractivity contribution in [2.75, 3.05) is 23.9 Å². The summed E-state index contributed by atoms with van der Waals surface area (Å²) in [6.07, 6.45) is 0.158. The molecule has 0 unspecified atom stereocenters. The number of amides is 1. The van der Waals surface area contributed by atoms with E-state index in [4.69, 9.17) is 16.3 Å². The van der Waals surface area contributed by atoms with Crippen LogP contribution >= 0.6 is 11.6 Å². The van der Waals surface area contributed by atoms with E-state index in [1.165, 1.54) is 0 Å². The van der Waals surface area contributed by atoms with Crippen molar-refractivity contribution in [1.29, 1.82) is 0 Å². The van der Waals surface area contributed by atoms with E-state index in [0.717, 1.165) is 16.8 Å². The van der Waals surface area contributed by atoms with Crippen molar-refractivity contribution in [1.82, 2.24) is 0 Å². The van der Waals surface area contributed by atoms with Crippen LogP contribution in [0.3, 0.4) is 0 Å². The standard InChI is InChI=1S/C15H22ClNO2/c1-11(2)19-9-8-17(14(18)10-16)15-12(3)6-5-7-13(15)4/h5-7,11H,8-10H2,1-4H3. The lowest BCUT2D eigenvalue weighted by Crippen LogP contribution is -2.36. The summed E-state index contributed by atoms with van der Waals surface area (Å²) in [4.78, 5) is 13.8. The average molecular weight is 284 g/mol. The molecular weight excluding hydrogens is 262 g/mol. The van der Waals surface area contributed by atoms with Crippen LogP contribution in [0.4, 0.5) is 5.69 Å². The number of halogens is 1. The highest BCUT2D eigenvalue weighted by molar-refractivity contribution is 6.29. The van der Waals surface area contributed by atoms with Gasteiger partial charge in [0, 0.05) is 12.2 Å². The molecule has 0 N–H and O–H groups in total. The smallest absolute Gasteiger partial charge is 0.242 e. The lowest BCUT2D eigenvalue weighted by Gasteiger charge is -2.26. The quantitative estimate of drug-likeness (QED) is 0.750. The van der Waals surface area contributed by atoms with Crippen molar-refractivity contribution >= 4 is 23.2 Å². The molecule has 0 bridgehead atoms. The Morgan fingerprint density at radius 1 is 1.32 bits per heavy atom. The van der Waals surface area contributed by atoms with Gasteiger partial charge in [0.1, 0.15) is 5.88 Å². The Morgan fingerprint density at radius 2 is 1.89 bits per heavy atom. The van der Waals surface area contributed by atoms with Crippen LogP contribution in [0.1, 0.15) is 25.0 Å². The Kier molecular flexibility index (Phi) is 6.32. The summed E-state index contributed by atoms with van der Waals surface area (Å²) in [6, 6.07) is 5.99. The summed E-state index contributed by atoms with van der Waals surface area (Å²) in [5.74, 6) is -0.110. The summed E-state index contributed by atoms with van der Waals surface area (Å²) in [7, 11) is 0. The van der Waals surface area contributed by atoms with E-state index in [2.05, 4.69) is 0 Å². The maximum atomic E-state index is 12.0. The number of anilines is 1. The molecule has 3 nitrogen and oxygen atoms in total. The third-order valence-electron chi connectivity index (χ3n) is 2.89. The number of aryl methyl sites for hydroxylation is 2. The van der Waals surface area contributed by atoms with E-state index < -0.39 is 0 Å². The highest BCUT2D eigenvalue weighted by Crippen LogP contribution is 2.24. The first-order valence-electron chi connectivity index (χ1n) is 6.51. The molecule has 19 heavy (non-hydrogen) atoms. The minimum atomic E-state index is -0.0913. The van der Waals surface area contributed by atoms with Crippen LogP contribution in [0.5, 0.6) is 0 Å². The van der Waals surface area contributed by atoms with E-state index in [1.807, 2.05) is 45.9 Å². The summed E-state index contributed by atoms with van der Waals surface area (Å²) in [5.41, 5.74) is 3.09. The molecule has 0 heterocycles. The highest BCUT2D eigenvalue weighted by atomic mass is 35.5. The monoisotopic (exact) mass is 283 g/mol. The molecule has 1 rings (SSSR count). The molecule has 1 aromatic rings. The second kappa shape index (κ2) is 7.51. The number of benzene rings is 1. The number of carbonyl (C=O) groups excluding carboxylic acids is 1. The number of para-hydroxylation sites is 1. The number of carbonyl (C=O) groups is 1. The van der Waals surface area contributed by atoms with Gasteiger partial charge in [-0.2, -0.15) is 0 Å². The van der Waals surface area contributed by atoms with Crippen LogP contribution in [0.2, 0.25) is 0 Å². The van der Waals surface area contributed by atoms with Crippen molar-refractivity contribution < 1.29 is 9.53 Å². The third kappa shape index (κ3) is 4.51. The first kappa shape index (κ1) is 16.0. The highest BCUT2D eigenvalue weighted by Gasteiger charge is 2.18. The Labute approximate surface area is 120 Å². The lowest BCUT2D eigenvalue weighted by molar-refractivity contribution is -0.116. The number of hydrogen-bond acceptors (Lipinski definition) is 2. The number of rotatable bonds is 6. The fourth-order valence-corrected chi connectivity index (χ4v) is 2.19. The molecule has 106 valence electrons. The summed E-state index contributed by atoms with van der Waals surface area (Å²) in [6.45, 7) is 8.99. The normalized spacial score (nSPS) is 10.8. The second-order valence-electron chi connectivity index (χ2n) is 4.84. The van der Waals surface area contributed by atoms with Gasteiger partial charge < -0.3 is 9.64 Å².